The minimum absolute atomic E-state index is 0.0366. The molecule has 0 amide bonds. The average Bonchev–Trinajstić information content (AvgIpc) is 2.97. The molecule has 3 rings (SSSR count). The van der Waals surface area contributed by atoms with Crippen molar-refractivity contribution >= 4 is 50.1 Å². The summed E-state index contributed by atoms with van der Waals surface area (Å²) in [6.07, 6.45) is 9.61. The number of rotatable bonds is 10. The zero-order valence-corrected chi connectivity index (χ0v) is 18.8. The maximum Gasteiger partial charge on any atom is 0.138 e. The fourth-order valence-corrected chi connectivity index (χ4v) is 4.33. The molecule has 0 unspecified atom stereocenters. The van der Waals surface area contributed by atoms with E-state index in [0.29, 0.717) is 15.6 Å². The van der Waals surface area contributed by atoms with Gasteiger partial charge < -0.3 is 4.57 Å². The first kappa shape index (κ1) is 21.8. The van der Waals surface area contributed by atoms with Gasteiger partial charge in [0.2, 0.25) is 0 Å². The molecule has 0 aliphatic heterocycles. The Balaban J connectivity index is 1.87. The maximum absolute atomic E-state index is 14.4. The van der Waals surface area contributed by atoms with E-state index in [-0.39, 0.29) is 11.5 Å². The van der Waals surface area contributed by atoms with Gasteiger partial charge in [-0.3, -0.25) is 0 Å². The molecule has 0 aliphatic carbocycles. The molecule has 0 bridgehead atoms. The van der Waals surface area contributed by atoms with Crippen LogP contribution in [0, 0.1) is 15.2 Å². The Hall–Kier alpha value is -1.86. The highest BCUT2D eigenvalue weighted by Crippen LogP contribution is 2.35. The van der Waals surface area contributed by atoms with Crippen LogP contribution in [0.15, 0.2) is 29.4 Å². The van der Waals surface area contributed by atoms with Crippen molar-refractivity contribution in [2.45, 2.75) is 64.8 Å². The second-order valence-electron chi connectivity index (χ2n) is 7.42. The maximum atomic E-state index is 14.4. The molecule has 2 aromatic carbocycles. The van der Waals surface area contributed by atoms with Gasteiger partial charge in [0.25, 0.3) is 0 Å². The number of unbranched alkanes of at least 4 members (excludes halogenated alkanes) is 7. The van der Waals surface area contributed by atoms with Crippen LogP contribution in [0.5, 0.6) is 0 Å². The molecule has 0 N–H and O–H groups in total. The van der Waals surface area contributed by atoms with Gasteiger partial charge in [-0.2, -0.15) is 0 Å². The van der Waals surface area contributed by atoms with Crippen molar-refractivity contribution in [3.63, 3.8) is 0 Å². The molecule has 0 radical (unpaired) electrons. The lowest BCUT2D eigenvalue weighted by atomic mass is 10.1. The molecule has 3 aromatic rings. The highest BCUT2D eigenvalue weighted by molar-refractivity contribution is 14.1. The topological polar surface area (TPSA) is 53.7 Å². The number of hydrogen-bond acceptors (Lipinski definition) is 1. The van der Waals surface area contributed by atoms with Crippen LogP contribution < -0.4 is 0 Å². The number of halogens is 3. The Morgan fingerprint density at radius 3 is 2.14 bits per heavy atom. The second-order valence-corrected chi connectivity index (χ2v) is 8.58. The van der Waals surface area contributed by atoms with Gasteiger partial charge in [0.05, 0.1) is 16.7 Å². The zero-order valence-electron chi connectivity index (χ0n) is 16.6. The van der Waals surface area contributed by atoms with Crippen LogP contribution in [-0.4, -0.2) is 4.57 Å². The Morgan fingerprint density at radius 2 is 1.48 bits per heavy atom. The lowest BCUT2D eigenvalue weighted by molar-refractivity contribution is 0.552. The number of azide groups is 1. The highest BCUT2D eigenvalue weighted by Gasteiger charge is 2.16. The molecule has 29 heavy (non-hydrogen) atoms. The minimum Gasteiger partial charge on any atom is -0.340 e. The van der Waals surface area contributed by atoms with E-state index in [1.165, 1.54) is 50.7 Å². The molecule has 0 aliphatic rings. The van der Waals surface area contributed by atoms with Crippen molar-refractivity contribution in [1.82, 2.24) is 4.57 Å². The monoisotopic (exact) mass is 510 g/mol. The Morgan fingerprint density at radius 1 is 0.897 bits per heavy atom. The molecule has 0 saturated heterocycles. The van der Waals surface area contributed by atoms with E-state index in [1.807, 2.05) is 27.2 Å². The quantitative estimate of drug-likeness (QED) is 0.0861. The average molecular weight is 510 g/mol. The molecular formula is C22H25F2IN4. The van der Waals surface area contributed by atoms with Crippen LogP contribution in [-0.2, 0) is 6.54 Å². The van der Waals surface area contributed by atoms with Crippen molar-refractivity contribution in [3.8, 4) is 0 Å². The normalized spacial score (nSPS) is 11.3. The summed E-state index contributed by atoms with van der Waals surface area (Å²) in [6.45, 7) is 2.92. The van der Waals surface area contributed by atoms with Gasteiger partial charge in [-0.25, -0.2) is 8.78 Å². The number of hydrogen-bond donors (Lipinski definition) is 0. The zero-order chi connectivity index (χ0) is 20.8. The fraction of sp³-hybridized carbons (Fsp3) is 0.455. The standard InChI is InChI=1S/C22H25F2IN4/c1-2-3-4-5-6-7-8-9-10-29-21-13-17(23)19(25)11-15(21)16-12-20(27-28-26)18(24)14-22(16)29/h11-14H,2-10H2,1H3. The van der Waals surface area contributed by atoms with Crippen LogP contribution >= 0.6 is 22.6 Å². The summed E-state index contributed by atoms with van der Waals surface area (Å²) < 4.78 is 31.2. The third kappa shape index (κ3) is 5.01. The van der Waals surface area contributed by atoms with Gasteiger partial charge in [-0.1, -0.05) is 57.0 Å². The summed E-state index contributed by atoms with van der Waals surface area (Å²) in [6, 6.07) is 6.25. The third-order valence-electron chi connectivity index (χ3n) is 5.36. The van der Waals surface area contributed by atoms with E-state index in [9.17, 15) is 8.78 Å². The first-order valence-corrected chi connectivity index (χ1v) is 11.3. The van der Waals surface area contributed by atoms with E-state index < -0.39 is 5.82 Å². The number of nitrogens with zero attached hydrogens (tertiary/aromatic N) is 4. The first-order valence-electron chi connectivity index (χ1n) is 10.2. The van der Waals surface area contributed by atoms with Crippen molar-refractivity contribution in [3.05, 3.63) is 49.9 Å². The van der Waals surface area contributed by atoms with E-state index >= 15 is 0 Å². The summed E-state index contributed by atoms with van der Waals surface area (Å²) in [7, 11) is 0. The lowest BCUT2D eigenvalue weighted by Crippen LogP contribution is -1.99. The van der Waals surface area contributed by atoms with Crippen LogP contribution in [0.1, 0.15) is 58.3 Å². The molecule has 0 saturated carbocycles. The molecule has 7 heteroatoms. The largest absolute Gasteiger partial charge is 0.340 e. The SMILES string of the molecule is CCCCCCCCCCn1c2cc(F)c(I)cc2c2cc(N=[N+]=[N-])c(F)cc21. The van der Waals surface area contributed by atoms with Crippen molar-refractivity contribution < 1.29 is 8.78 Å². The molecule has 0 spiro atoms. The summed E-state index contributed by atoms with van der Waals surface area (Å²) in [5.41, 5.74) is 10.1. The summed E-state index contributed by atoms with van der Waals surface area (Å²) in [5.74, 6) is -0.848. The first-order chi connectivity index (χ1) is 14.1. The van der Waals surface area contributed by atoms with E-state index in [1.54, 1.807) is 12.1 Å². The minimum atomic E-state index is -0.564. The van der Waals surface area contributed by atoms with Gasteiger partial charge >= 0.3 is 0 Å². The molecule has 0 atom stereocenters. The van der Waals surface area contributed by atoms with Gasteiger partial charge in [0, 0.05) is 25.8 Å². The molecule has 1 aromatic heterocycles. The number of aryl methyl sites for hydroxylation is 1. The summed E-state index contributed by atoms with van der Waals surface area (Å²) >= 11 is 1.96. The smallest absolute Gasteiger partial charge is 0.138 e. The van der Waals surface area contributed by atoms with Crippen LogP contribution in [0.3, 0.4) is 0 Å². The fourth-order valence-electron chi connectivity index (χ4n) is 3.87. The second kappa shape index (κ2) is 10.3. The summed E-state index contributed by atoms with van der Waals surface area (Å²) in [5, 5.41) is 5.08. The van der Waals surface area contributed by atoms with Crippen molar-refractivity contribution in [1.29, 1.82) is 0 Å². The van der Waals surface area contributed by atoms with Gasteiger partial charge in [-0.05, 0) is 58.8 Å². The lowest BCUT2D eigenvalue weighted by Gasteiger charge is -2.08. The molecule has 1 heterocycles. The molecule has 154 valence electrons. The number of aromatic nitrogens is 1. The highest BCUT2D eigenvalue weighted by atomic mass is 127. The molecular weight excluding hydrogens is 485 g/mol. The molecule has 4 nitrogen and oxygen atoms in total. The third-order valence-corrected chi connectivity index (χ3v) is 6.19. The van der Waals surface area contributed by atoms with Crippen molar-refractivity contribution in [2.24, 2.45) is 5.11 Å². The molecule has 0 fully saturated rings. The van der Waals surface area contributed by atoms with E-state index in [2.05, 4.69) is 16.9 Å². The Kier molecular flexibility index (Phi) is 7.72. The van der Waals surface area contributed by atoms with Gasteiger partial charge in [-0.15, -0.1) is 0 Å². The Labute approximate surface area is 183 Å². The van der Waals surface area contributed by atoms with E-state index in [0.717, 1.165) is 29.1 Å². The van der Waals surface area contributed by atoms with Crippen LogP contribution in [0.25, 0.3) is 32.2 Å². The number of fused-ring (bicyclic) bond motifs is 3. The number of benzene rings is 2. The van der Waals surface area contributed by atoms with Crippen LogP contribution in [0.4, 0.5) is 14.5 Å². The Bertz CT molecular complexity index is 1050. The summed E-state index contributed by atoms with van der Waals surface area (Å²) in [4.78, 5) is 2.71. The van der Waals surface area contributed by atoms with Gasteiger partial charge in [0.1, 0.15) is 11.6 Å². The van der Waals surface area contributed by atoms with Crippen molar-refractivity contribution in [2.75, 3.05) is 0 Å². The predicted octanol–water partition coefficient (Wildman–Crippen LogP) is 8.76. The predicted molar refractivity (Wildman–Crippen MR) is 123 cm³/mol. The van der Waals surface area contributed by atoms with E-state index in [4.69, 9.17) is 5.53 Å². The van der Waals surface area contributed by atoms with Gasteiger partial charge in [0.15, 0.2) is 0 Å². The van der Waals surface area contributed by atoms with Crippen LogP contribution in [0.2, 0.25) is 0 Å².